The third-order valence-electron chi connectivity index (χ3n) is 6.70. The lowest BCUT2D eigenvalue weighted by molar-refractivity contribution is -0.165. The van der Waals surface area contributed by atoms with Gasteiger partial charge in [0.2, 0.25) is 5.88 Å². The van der Waals surface area contributed by atoms with Crippen LogP contribution in [0.3, 0.4) is 0 Å². The van der Waals surface area contributed by atoms with Gasteiger partial charge >= 0.3 is 0 Å². The summed E-state index contributed by atoms with van der Waals surface area (Å²) >= 11 is 0. The number of aromatic nitrogens is 4. The van der Waals surface area contributed by atoms with Crippen LogP contribution in [-0.4, -0.2) is 45.5 Å². The number of rotatable bonds is 7. The molecule has 1 saturated heterocycles. The second-order valence-electron chi connectivity index (χ2n) is 9.45. The Labute approximate surface area is 190 Å². The van der Waals surface area contributed by atoms with Crippen molar-refractivity contribution in [3.05, 3.63) is 53.2 Å². The van der Waals surface area contributed by atoms with Gasteiger partial charge in [0.1, 0.15) is 18.1 Å². The Balaban J connectivity index is 1.11. The quantitative estimate of drug-likeness (QED) is 0.588. The van der Waals surface area contributed by atoms with Crippen LogP contribution in [0, 0.1) is 12.3 Å². The van der Waals surface area contributed by atoms with Gasteiger partial charge in [-0.1, -0.05) is 5.16 Å². The van der Waals surface area contributed by atoms with Crippen molar-refractivity contribution in [2.75, 3.05) is 13.2 Å². The first-order chi connectivity index (χ1) is 16.1. The van der Waals surface area contributed by atoms with Gasteiger partial charge in [-0.2, -0.15) is 0 Å². The van der Waals surface area contributed by atoms with Crippen molar-refractivity contribution >= 4 is 5.91 Å². The van der Waals surface area contributed by atoms with E-state index in [4.69, 9.17) is 14.0 Å². The number of ether oxygens (including phenoxy) is 2. The fraction of sp³-hybridized carbons (Fsp3) is 0.458. The van der Waals surface area contributed by atoms with Gasteiger partial charge in [0.05, 0.1) is 18.8 Å². The minimum atomic E-state index is -0.210. The Morgan fingerprint density at radius 2 is 2.03 bits per heavy atom. The van der Waals surface area contributed by atoms with Crippen LogP contribution in [-0.2, 0) is 11.3 Å². The molecule has 1 N–H and O–H groups in total. The summed E-state index contributed by atoms with van der Waals surface area (Å²) in [4.78, 5) is 16.8. The minimum Gasteiger partial charge on any atom is -0.472 e. The molecule has 0 atom stereocenters. The highest BCUT2D eigenvalue weighted by molar-refractivity contribution is 5.92. The van der Waals surface area contributed by atoms with E-state index in [-0.39, 0.29) is 24.2 Å². The molecule has 170 valence electrons. The number of carbonyl (C=O) groups is 1. The van der Waals surface area contributed by atoms with Crippen LogP contribution in [0.4, 0.5) is 0 Å². The average Bonchev–Trinajstić information content (AvgIpc) is 3.53. The first-order valence-corrected chi connectivity index (χ1v) is 11.4. The fourth-order valence-electron chi connectivity index (χ4n) is 4.60. The SMILES string of the molecule is Cc1ccc(-c2noc(C3CC3)c2COc2ccc(C(=O)NC3CC4(COC4)C3)nn2)cn1. The largest absolute Gasteiger partial charge is 0.472 e. The molecular formula is C24H25N5O4. The molecule has 3 aliphatic rings. The normalized spacial score (nSPS) is 19.1. The molecule has 3 fully saturated rings. The van der Waals surface area contributed by atoms with Gasteiger partial charge in [-0.25, -0.2) is 0 Å². The van der Waals surface area contributed by atoms with Crippen LogP contribution in [0.25, 0.3) is 11.3 Å². The molecule has 0 radical (unpaired) electrons. The van der Waals surface area contributed by atoms with Gasteiger partial charge in [-0.05, 0) is 50.8 Å². The molecule has 1 spiro atoms. The number of amides is 1. The third kappa shape index (κ3) is 3.97. The summed E-state index contributed by atoms with van der Waals surface area (Å²) in [6.45, 7) is 3.82. The molecule has 4 heterocycles. The van der Waals surface area contributed by atoms with Crippen LogP contribution < -0.4 is 10.1 Å². The third-order valence-corrected chi connectivity index (χ3v) is 6.70. The molecule has 1 aliphatic heterocycles. The summed E-state index contributed by atoms with van der Waals surface area (Å²) in [7, 11) is 0. The predicted molar refractivity (Wildman–Crippen MR) is 117 cm³/mol. The summed E-state index contributed by atoms with van der Waals surface area (Å²) in [6.07, 6.45) is 5.91. The molecule has 3 aromatic rings. The van der Waals surface area contributed by atoms with Crippen LogP contribution in [0.1, 0.15) is 59.1 Å². The van der Waals surface area contributed by atoms with Gasteiger partial charge in [0.25, 0.3) is 5.91 Å². The van der Waals surface area contributed by atoms with Gasteiger partial charge in [0, 0.05) is 40.9 Å². The Kier molecular flexibility index (Phi) is 4.86. The molecule has 1 amide bonds. The van der Waals surface area contributed by atoms with E-state index < -0.39 is 0 Å². The number of pyridine rings is 1. The maximum atomic E-state index is 12.5. The van der Waals surface area contributed by atoms with E-state index in [1.807, 2.05) is 19.1 Å². The zero-order valence-electron chi connectivity index (χ0n) is 18.4. The number of nitrogens with zero attached hydrogens (tertiary/aromatic N) is 4. The van der Waals surface area contributed by atoms with Crippen molar-refractivity contribution in [2.24, 2.45) is 5.41 Å². The zero-order valence-corrected chi connectivity index (χ0v) is 18.4. The second kappa shape index (κ2) is 7.91. The standard InChI is InChI=1S/C24H25N5O4/c1-14-2-3-16(10-25-14)21-18(22(33-29-21)15-4-5-15)11-32-20-7-6-19(27-28-20)23(30)26-17-8-24(9-17)12-31-13-24/h2-3,6-7,10,15,17H,4-5,8-9,11-13H2,1H3,(H,26,30). The topological polar surface area (TPSA) is 112 Å². The van der Waals surface area contributed by atoms with E-state index in [0.717, 1.165) is 67.2 Å². The highest BCUT2D eigenvalue weighted by Crippen LogP contribution is 2.47. The molecule has 2 aliphatic carbocycles. The van der Waals surface area contributed by atoms with E-state index in [1.165, 1.54) is 0 Å². The van der Waals surface area contributed by atoms with Crippen molar-refractivity contribution in [3.63, 3.8) is 0 Å². The predicted octanol–water partition coefficient (Wildman–Crippen LogP) is 3.20. The van der Waals surface area contributed by atoms with Crippen molar-refractivity contribution in [1.82, 2.24) is 25.7 Å². The summed E-state index contributed by atoms with van der Waals surface area (Å²) in [5, 5.41) is 15.5. The van der Waals surface area contributed by atoms with Crippen LogP contribution in [0.15, 0.2) is 35.0 Å². The molecule has 0 aromatic carbocycles. The fourth-order valence-corrected chi connectivity index (χ4v) is 4.60. The minimum absolute atomic E-state index is 0.184. The Hall–Kier alpha value is -3.33. The highest BCUT2D eigenvalue weighted by Gasteiger charge is 2.50. The van der Waals surface area contributed by atoms with E-state index >= 15 is 0 Å². The number of carbonyl (C=O) groups excluding carboxylic acids is 1. The molecule has 9 nitrogen and oxygen atoms in total. The summed E-state index contributed by atoms with van der Waals surface area (Å²) in [6, 6.07) is 7.42. The summed E-state index contributed by atoms with van der Waals surface area (Å²) in [5.74, 6) is 1.39. The Morgan fingerprint density at radius 3 is 2.67 bits per heavy atom. The Bertz CT molecular complexity index is 1160. The van der Waals surface area contributed by atoms with Gasteiger partial charge in [-0.15, -0.1) is 10.2 Å². The number of hydrogen-bond acceptors (Lipinski definition) is 8. The lowest BCUT2D eigenvalue weighted by atomic mass is 9.64. The van der Waals surface area contributed by atoms with E-state index in [0.29, 0.717) is 17.2 Å². The maximum Gasteiger partial charge on any atom is 0.272 e. The second-order valence-corrected chi connectivity index (χ2v) is 9.45. The monoisotopic (exact) mass is 447 g/mol. The smallest absolute Gasteiger partial charge is 0.272 e. The van der Waals surface area contributed by atoms with Crippen molar-refractivity contribution < 1.29 is 18.8 Å². The van der Waals surface area contributed by atoms with Crippen LogP contribution >= 0.6 is 0 Å². The number of hydrogen-bond donors (Lipinski definition) is 1. The molecule has 6 rings (SSSR count). The molecular weight excluding hydrogens is 422 g/mol. The summed E-state index contributed by atoms with van der Waals surface area (Å²) in [5.41, 5.74) is 4.06. The van der Waals surface area contributed by atoms with E-state index in [2.05, 4.69) is 25.7 Å². The molecule has 2 saturated carbocycles. The maximum absolute atomic E-state index is 12.5. The number of nitrogens with one attached hydrogen (secondary N) is 1. The first kappa shape index (κ1) is 20.3. The van der Waals surface area contributed by atoms with Gasteiger partial charge in [-0.3, -0.25) is 9.78 Å². The molecule has 9 heteroatoms. The summed E-state index contributed by atoms with van der Waals surface area (Å²) < 4.78 is 16.9. The lowest BCUT2D eigenvalue weighted by Gasteiger charge is -2.53. The van der Waals surface area contributed by atoms with E-state index in [1.54, 1.807) is 18.3 Å². The lowest BCUT2D eigenvalue weighted by Crippen LogP contribution is -2.59. The first-order valence-electron chi connectivity index (χ1n) is 11.4. The molecule has 33 heavy (non-hydrogen) atoms. The number of aryl methyl sites for hydroxylation is 1. The Morgan fingerprint density at radius 1 is 1.18 bits per heavy atom. The molecule has 0 unspecified atom stereocenters. The van der Waals surface area contributed by atoms with E-state index in [9.17, 15) is 4.79 Å². The van der Waals surface area contributed by atoms with Crippen molar-refractivity contribution in [1.29, 1.82) is 0 Å². The average molecular weight is 447 g/mol. The highest BCUT2D eigenvalue weighted by atomic mass is 16.5. The van der Waals surface area contributed by atoms with Gasteiger partial charge < -0.3 is 19.3 Å². The van der Waals surface area contributed by atoms with Gasteiger partial charge in [0.15, 0.2) is 5.69 Å². The van der Waals surface area contributed by atoms with Crippen LogP contribution in [0.2, 0.25) is 0 Å². The molecule has 3 aromatic heterocycles. The van der Waals surface area contributed by atoms with Crippen molar-refractivity contribution in [2.45, 2.75) is 51.2 Å². The van der Waals surface area contributed by atoms with Crippen molar-refractivity contribution in [3.8, 4) is 17.1 Å². The molecule has 0 bridgehead atoms. The zero-order chi connectivity index (χ0) is 22.4. The van der Waals surface area contributed by atoms with Crippen LogP contribution in [0.5, 0.6) is 5.88 Å².